The van der Waals surface area contributed by atoms with Crippen LogP contribution in [0.15, 0.2) is 42.5 Å². The van der Waals surface area contributed by atoms with Gasteiger partial charge >= 0.3 is 5.97 Å². The zero-order valence-corrected chi connectivity index (χ0v) is 15.9. The summed E-state index contributed by atoms with van der Waals surface area (Å²) in [5, 5.41) is 2.83. The quantitative estimate of drug-likeness (QED) is 0.665. The number of hydrogen-bond acceptors (Lipinski definition) is 5. The van der Waals surface area contributed by atoms with Gasteiger partial charge in [-0.05, 0) is 49.2 Å². The Labute approximate surface area is 159 Å². The minimum Gasteiger partial charge on any atom is -0.490 e. The molecule has 0 radical (unpaired) electrons. The number of benzene rings is 2. The molecule has 0 fully saturated rings. The van der Waals surface area contributed by atoms with Gasteiger partial charge in [0, 0.05) is 17.3 Å². The van der Waals surface area contributed by atoms with Crippen molar-refractivity contribution in [3.8, 4) is 11.5 Å². The minimum absolute atomic E-state index is 0.282. The maximum Gasteiger partial charge on any atom is 0.337 e. The first-order valence-corrected chi connectivity index (χ1v) is 8.98. The molecule has 2 rings (SSSR count). The maximum atomic E-state index is 12.4. The van der Waals surface area contributed by atoms with Crippen molar-refractivity contribution in [2.24, 2.45) is 0 Å². The summed E-state index contributed by atoms with van der Waals surface area (Å²) in [5.74, 6) is 0.535. The smallest absolute Gasteiger partial charge is 0.337 e. The maximum absolute atomic E-state index is 12.4. The Balaban J connectivity index is 2.12. The van der Waals surface area contributed by atoms with Crippen molar-refractivity contribution in [3.05, 3.63) is 53.6 Å². The number of anilines is 1. The molecule has 0 spiro atoms. The summed E-state index contributed by atoms with van der Waals surface area (Å²) in [4.78, 5) is 23.9. The first-order valence-electron chi connectivity index (χ1n) is 8.98. The first kappa shape index (κ1) is 20.3. The lowest BCUT2D eigenvalue weighted by atomic mass is 10.1. The van der Waals surface area contributed by atoms with E-state index in [1.54, 1.807) is 42.5 Å². The van der Waals surface area contributed by atoms with E-state index in [4.69, 9.17) is 9.47 Å². The molecule has 1 N–H and O–H groups in total. The predicted molar refractivity (Wildman–Crippen MR) is 104 cm³/mol. The summed E-state index contributed by atoms with van der Waals surface area (Å²) in [6.07, 6.45) is 1.77. The topological polar surface area (TPSA) is 73.9 Å². The van der Waals surface area contributed by atoms with Crippen molar-refractivity contribution in [3.63, 3.8) is 0 Å². The van der Waals surface area contributed by atoms with Crippen LogP contribution in [0.5, 0.6) is 11.5 Å². The molecule has 0 unspecified atom stereocenters. The van der Waals surface area contributed by atoms with Crippen molar-refractivity contribution in [2.75, 3.05) is 25.6 Å². The molecule has 27 heavy (non-hydrogen) atoms. The lowest BCUT2D eigenvalue weighted by molar-refractivity contribution is 0.0600. The number of carbonyl (C=O) groups is 2. The Morgan fingerprint density at radius 3 is 2.04 bits per heavy atom. The van der Waals surface area contributed by atoms with Crippen LogP contribution >= 0.6 is 0 Å². The summed E-state index contributed by atoms with van der Waals surface area (Å²) in [6.45, 7) is 5.22. The molecule has 6 heteroatoms. The highest BCUT2D eigenvalue weighted by Gasteiger charge is 2.12. The largest absolute Gasteiger partial charge is 0.490 e. The number of hydrogen-bond donors (Lipinski definition) is 1. The molecule has 0 saturated carbocycles. The number of esters is 1. The molecule has 0 heterocycles. The summed E-state index contributed by atoms with van der Waals surface area (Å²) < 4.78 is 16.1. The van der Waals surface area contributed by atoms with E-state index >= 15 is 0 Å². The van der Waals surface area contributed by atoms with Gasteiger partial charge in [0.2, 0.25) is 0 Å². The van der Waals surface area contributed by atoms with Crippen molar-refractivity contribution in [1.29, 1.82) is 0 Å². The van der Waals surface area contributed by atoms with Gasteiger partial charge in [0.25, 0.3) is 5.91 Å². The molecule has 6 nitrogen and oxygen atoms in total. The van der Waals surface area contributed by atoms with Crippen LogP contribution in [0.4, 0.5) is 5.69 Å². The van der Waals surface area contributed by atoms with E-state index in [1.807, 2.05) is 13.8 Å². The van der Waals surface area contributed by atoms with Crippen LogP contribution in [0.2, 0.25) is 0 Å². The van der Waals surface area contributed by atoms with Gasteiger partial charge in [0.05, 0.1) is 25.9 Å². The summed E-state index contributed by atoms with van der Waals surface area (Å²) >= 11 is 0. The standard InChI is InChI=1S/C21H25NO5/c1-4-12-26-18-11-10-17(14-19(18)27-13-5-2)22-20(23)15-6-8-16(9-7-15)21(24)25-3/h6-11,14H,4-5,12-13H2,1-3H3,(H,22,23). The molecule has 144 valence electrons. The molecular weight excluding hydrogens is 346 g/mol. The molecule has 0 saturated heterocycles. The summed E-state index contributed by atoms with van der Waals surface area (Å²) in [5.41, 5.74) is 1.43. The molecule has 2 aromatic carbocycles. The van der Waals surface area contributed by atoms with Crippen LogP contribution in [-0.2, 0) is 4.74 Å². The lowest BCUT2D eigenvalue weighted by Gasteiger charge is -2.14. The van der Waals surface area contributed by atoms with Crippen molar-refractivity contribution >= 4 is 17.6 Å². The van der Waals surface area contributed by atoms with Gasteiger partial charge in [0.1, 0.15) is 0 Å². The van der Waals surface area contributed by atoms with Crippen LogP contribution in [0.25, 0.3) is 0 Å². The van der Waals surface area contributed by atoms with Gasteiger partial charge < -0.3 is 19.5 Å². The molecule has 0 aliphatic heterocycles. The number of nitrogens with one attached hydrogen (secondary N) is 1. The third kappa shape index (κ3) is 5.74. The molecular formula is C21H25NO5. The van der Waals surface area contributed by atoms with E-state index in [0.29, 0.717) is 41.5 Å². The van der Waals surface area contributed by atoms with Crippen LogP contribution in [0, 0.1) is 0 Å². The zero-order chi connectivity index (χ0) is 19.6. The summed E-state index contributed by atoms with van der Waals surface area (Å²) in [7, 11) is 1.31. The summed E-state index contributed by atoms with van der Waals surface area (Å²) in [6, 6.07) is 11.6. The van der Waals surface area contributed by atoms with E-state index in [9.17, 15) is 9.59 Å². The van der Waals surface area contributed by atoms with Gasteiger partial charge in [-0.2, -0.15) is 0 Å². The molecule has 0 aliphatic rings. The molecule has 0 bridgehead atoms. The van der Waals surface area contributed by atoms with Crippen LogP contribution in [0.3, 0.4) is 0 Å². The highest BCUT2D eigenvalue weighted by atomic mass is 16.5. The molecule has 1 amide bonds. The number of ether oxygens (including phenoxy) is 3. The fourth-order valence-corrected chi connectivity index (χ4v) is 2.32. The Kier molecular flexibility index (Phi) is 7.67. The number of methoxy groups -OCH3 is 1. The second-order valence-electron chi connectivity index (χ2n) is 5.88. The Morgan fingerprint density at radius 2 is 1.44 bits per heavy atom. The SMILES string of the molecule is CCCOc1ccc(NC(=O)c2ccc(C(=O)OC)cc2)cc1OCCC. The van der Waals surface area contributed by atoms with E-state index in [2.05, 4.69) is 10.1 Å². The Morgan fingerprint density at radius 1 is 0.852 bits per heavy atom. The first-order chi connectivity index (χ1) is 13.1. The Hall–Kier alpha value is -3.02. The molecule has 0 aromatic heterocycles. The third-order valence-corrected chi connectivity index (χ3v) is 3.69. The lowest BCUT2D eigenvalue weighted by Crippen LogP contribution is -2.12. The van der Waals surface area contributed by atoms with Gasteiger partial charge in [0.15, 0.2) is 11.5 Å². The average Bonchev–Trinajstić information content (AvgIpc) is 2.70. The van der Waals surface area contributed by atoms with Gasteiger partial charge in [-0.3, -0.25) is 4.79 Å². The third-order valence-electron chi connectivity index (χ3n) is 3.69. The van der Waals surface area contributed by atoms with E-state index < -0.39 is 5.97 Å². The highest BCUT2D eigenvalue weighted by molar-refractivity contribution is 6.05. The van der Waals surface area contributed by atoms with Gasteiger partial charge in [-0.25, -0.2) is 4.79 Å². The zero-order valence-electron chi connectivity index (χ0n) is 15.9. The number of carbonyl (C=O) groups excluding carboxylic acids is 2. The number of amides is 1. The molecule has 0 atom stereocenters. The van der Waals surface area contributed by atoms with Gasteiger partial charge in [-0.15, -0.1) is 0 Å². The predicted octanol–water partition coefficient (Wildman–Crippen LogP) is 4.30. The van der Waals surface area contributed by atoms with Crippen molar-refractivity contribution in [2.45, 2.75) is 26.7 Å². The van der Waals surface area contributed by atoms with Crippen molar-refractivity contribution in [1.82, 2.24) is 0 Å². The molecule has 0 aliphatic carbocycles. The number of rotatable bonds is 9. The van der Waals surface area contributed by atoms with E-state index in [0.717, 1.165) is 12.8 Å². The minimum atomic E-state index is -0.442. The van der Waals surface area contributed by atoms with Crippen LogP contribution in [-0.4, -0.2) is 32.2 Å². The van der Waals surface area contributed by atoms with E-state index in [-0.39, 0.29) is 5.91 Å². The second-order valence-corrected chi connectivity index (χ2v) is 5.88. The highest BCUT2D eigenvalue weighted by Crippen LogP contribution is 2.31. The van der Waals surface area contributed by atoms with Crippen molar-refractivity contribution < 1.29 is 23.8 Å². The fourth-order valence-electron chi connectivity index (χ4n) is 2.32. The second kappa shape index (κ2) is 10.2. The van der Waals surface area contributed by atoms with Gasteiger partial charge in [-0.1, -0.05) is 13.8 Å². The van der Waals surface area contributed by atoms with Crippen LogP contribution in [0.1, 0.15) is 47.4 Å². The normalized spacial score (nSPS) is 10.2. The Bertz CT molecular complexity index is 771. The van der Waals surface area contributed by atoms with E-state index in [1.165, 1.54) is 7.11 Å². The fraction of sp³-hybridized carbons (Fsp3) is 0.333. The van der Waals surface area contributed by atoms with Crippen LogP contribution < -0.4 is 14.8 Å². The molecule has 2 aromatic rings. The monoisotopic (exact) mass is 371 g/mol. The average molecular weight is 371 g/mol.